The molecule has 5 rings (SSSR count). The van der Waals surface area contributed by atoms with Crippen LogP contribution in [0.3, 0.4) is 0 Å². The molecular formula is C29H36N10O3. The first kappa shape index (κ1) is 28.8. The van der Waals surface area contributed by atoms with Gasteiger partial charge in [0, 0.05) is 63.9 Å². The Morgan fingerprint density at radius 1 is 1.12 bits per heavy atom. The summed E-state index contributed by atoms with van der Waals surface area (Å²) in [7, 11) is 1.92. The number of carbonyl (C=O) groups is 3. The Labute approximate surface area is 244 Å². The fourth-order valence-corrected chi connectivity index (χ4v) is 5.62. The number of rotatable bonds is 7. The lowest BCUT2D eigenvalue weighted by Gasteiger charge is -2.42. The summed E-state index contributed by atoms with van der Waals surface area (Å²) in [4.78, 5) is 52.8. The summed E-state index contributed by atoms with van der Waals surface area (Å²) in [5.41, 5.74) is 2.18. The Balaban J connectivity index is 1.21. The number of aromatic nitrogens is 3. The van der Waals surface area contributed by atoms with Gasteiger partial charge < -0.3 is 30.7 Å². The molecule has 3 amide bonds. The van der Waals surface area contributed by atoms with Crippen LogP contribution in [0.2, 0.25) is 0 Å². The number of carbonyl (C=O) groups excluding carboxylic acids is 3. The first-order valence-corrected chi connectivity index (χ1v) is 14.2. The van der Waals surface area contributed by atoms with Gasteiger partial charge in [0.2, 0.25) is 11.8 Å². The van der Waals surface area contributed by atoms with Gasteiger partial charge in [0.1, 0.15) is 18.6 Å². The van der Waals surface area contributed by atoms with Crippen LogP contribution in [-0.2, 0) is 9.59 Å². The minimum Gasteiger partial charge on any atom is -0.369 e. The number of piperazine rings is 1. The highest BCUT2D eigenvalue weighted by atomic mass is 16.2. The Kier molecular flexibility index (Phi) is 8.83. The number of fused-ring (bicyclic) bond motifs is 1. The summed E-state index contributed by atoms with van der Waals surface area (Å²) in [6, 6.07) is 10.9. The van der Waals surface area contributed by atoms with E-state index in [1.54, 1.807) is 17.2 Å². The van der Waals surface area contributed by atoms with Gasteiger partial charge in [0.05, 0.1) is 24.0 Å². The van der Waals surface area contributed by atoms with Crippen molar-refractivity contribution >= 4 is 46.1 Å². The van der Waals surface area contributed by atoms with Crippen molar-refractivity contribution in [1.29, 1.82) is 5.26 Å². The molecule has 220 valence electrons. The summed E-state index contributed by atoms with van der Waals surface area (Å²) in [5, 5.41) is 18.4. The lowest BCUT2D eigenvalue weighted by molar-refractivity contribution is -0.131. The first-order valence-electron chi connectivity index (χ1n) is 14.2. The molecule has 0 bridgehead atoms. The number of anilines is 3. The van der Waals surface area contributed by atoms with Gasteiger partial charge in [-0.3, -0.25) is 14.2 Å². The summed E-state index contributed by atoms with van der Waals surface area (Å²) >= 11 is 0. The monoisotopic (exact) mass is 572 g/mol. The Hall–Kier alpha value is -4.70. The van der Waals surface area contributed by atoms with Crippen molar-refractivity contribution in [3.63, 3.8) is 0 Å². The molecule has 0 unspecified atom stereocenters. The van der Waals surface area contributed by atoms with E-state index in [-0.39, 0.29) is 36.7 Å². The van der Waals surface area contributed by atoms with Crippen LogP contribution in [0.5, 0.6) is 0 Å². The predicted molar refractivity (Wildman–Crippen MR) is 159 cm³/mol. The first-order chi connectivity index (χ1) is 20.4. The number of nitrogens with one attached hydrogen (secondary N) is 3. The van der Waals surface area contributed by atoms with Gasteiger partial charge in [0.15, 0.2) is 5.65 Å². The number of hydrogen-bond acceptors (Lipinski definition) is 9. The summed E-state index contributed by atoms with van der Waals surface area (Å²) < 4.78 is 1.36. The minimum atomic E-state index is -0.485. The number of amides is 3. The lowest BCUT2D eigenvalue weighted by Crippen LogP contribution is -2.52. The second-order valence-corrected chi connectivity index (χ2v) is 10.7. The average Bonchev–Trinajstić information content (AvgIpc) is 3.45. The molecule has 2 aliphatic rings. The number of piperidine rings is 1. The van der Waals surface area contributed by atoms with Crippen LogP contribution in [-0.4, -0.2) is 96.2 Å². The van der Waals surface area contributed by atoms with Crippen molar-refractivity contribution in [1.82, 2.24) is 30.1 Å². The standard InChI is InChI=1S/C29H36N10O3/c1-20-8-13-38(26(41)7-10-30)18-24(20)36(2)27-23-9-14-39(28(23)34-19-33-27)29(42)32-17-25(40)35-21-3-5-22(6-4-21)37-15-11-31-12-16-37/h3-6,9,14,19-20,24,31H,7-8,11-13,15-18H2,1-2H3,(H,32,42)(H,35,40)/t20-,24+/m1/s1. The molecule has 1 aromatic carbocycles. The van der Waals surface area contributed by atoms with Gasteiger partial charge in [-0.1, -0.05) is 6.92 Å². The maximum atomic E-state index is 13.0. The van der Waals surface area contributed by atoms with Crippen LogP contribution in [0.1, 0.15) is 19.8 Å². The molecule has 2 aromatic heterocycles. The van der Waals surface area contributed by atoms with E-state index in [4.69, 9.17) is 5.26 Å². The molecule has 3 N–H and O–H groups in total. The third kappa shape index (κ3) is 6.28. The van der Waals surface area contributed by atoms with E-state index in [9.17, 15) is 14.4 Å². The predicted octanol–water partition coefficient (Wildman–Crippen LogP) is 1.62. The molecule has 0 spiro atoms. The molecular weight excluding hydrogens is 536 g/mol. The summed E-state index contributed by atoms with van der Waals surface area (Å²) in [6.45, 7) is 6.82. The van der Waals surface area contributed by atoms with Crippen molar-refractivity contribution in [3.8, 4) is 6.07 Å². The molecule has 42 heavy (non-hydrogen) atoms. The van der Waals surface area contributed by atoms with Gasteiger partial charge in [-0.2, -0.15) is 5.26 Å². The molecule has 0 radical (unpaired) electrons. The van der Waals surface area contributed by atoms with Gasteiger partial charge in [-0.15, -0.1) is 0 Å². The number of likely N-dealkylation sites (N-methyl/N-ethyl adjacent to an activating group) is 1. The zero-order valence-corrected chi connectivity index (χ0v) is 23.9. The van der Waals surface area contributed by atoms with E-state index >= 15 is 0 Å². The highest BCUT2D eigenvalue weighted by molar-refractivity contribution is 5.98. The Morgan fingerprint density at radius 3 is 2.62 bits per heavy atom. The zero-order chi connectivity index (χ0) is 29.6. The number of nitriles is 1. The van der Waals surface area contributed by atoms with Crippen LogP contribution >= 0.6 is 0 Å². The van der Waals surface area contributed by atoms with Gasteiger partial charge in [0.25, 0.3) is 0 Å². The third-order valence-electron chi connectivity index (χ3n) is 8.05. The number of nitrogens with zero attached hydrogens (tertiary/aromatic N) is 7. The van der Waals surface area contributed by atoms with E-state index in [2.05, 4.69) is 37.7 Å². The molecule has 2 atom stereocenters. The molecule has 4 heterocycles. The SMILES string of the molecule is C[C@@H]1CCN(C(=O)CC#N)C[C@@H]1N(C)c1ncnc2c1ccn2C(=O)NCC(=O)Nc1ccc(N2CCNCC2)cc1. The van der Waals surface area contributed by atoms with Crippen LogP contribution in [0.4, 0.5) is 22.0 Å². The average molecular weight is 573 g/mol. The van der Waals surface area contributed by atoms with E-state index < -0.39 is 6.03 Å². The van der Waals surface area contributed by atoms with Crippen molar-refractivity contribution in [2.24, 2.45) is 5.92 Å². The van der Waals surface area contributed by atoms with Crippen molar-refractivity contribution in [2.75, 3.05) is 68.0 Å². The van der Waals surface area contributed by atoms with Crippen molar-refractivity contribution < 1.29 is 14.4 Å². The quantitative estimate of drug-likeness (QED) is 0.384. The van der Waals surface area contributed by atoms with Crippen molar-refractivity contribution in [2.45, 2.75) is 25.8 Å². The van der Waals surface area contributed by atoms with Crippen LogP contribution in [0, 0.1) is 17.2 Å². The Morgan fingerprint density at radius 2 is 1.88 bits per heavy atom. The van der Waals surface area contributed by atoms with E-state index in [0.29, 0.717) is 35.6 Å². The summed E-state index contributed by atoms with van der Waals surface area (Å²) in [5.74, 6) is 0.412. The van der Waals surface area contributed by atoms with Gasteiger partial charge in [-0.05, 0) is 42.7 Å². The number of likely N-dealkylation sites (tertiary alicyclic amines) is 1. The zero-order valence-electron chi connectivity index (χ0n) is 23.9. The smallest absolute Gasteiger partial charge is 0.327 e. The second-order valence-electron chi connectivity index (χ2n) is 10.7. The molecule has 2 aliphatic heterocycles. The fourth-order valence-electron chi connectivity index (χ4n) is 5.62. The van der Waals surface area contributed by atoms with Crippen molar-refractivity contribution in [3.05, 3.63) is 42.9 Å². The topological polar surface area (TPSA) is 152 Å². The highest BCUT2D eigenvalue weighted by Crippen LogP contribution is 2.29. The second kappa shape index (κ2) is 12.9. The molecule has 0 aliphatic carbocycles. The molecule has 0 saturated carbocycles. The normalized spacial score (nSPS) is 18.8. The molecule has 2 saturated heterocycles. The molecule has 3 aromatic rings. The maximum Gasteiger partial charge on any atom is 0.327 e. The molecule has 13 nitrogen and oxygen atoms in total. The van der Waals surface area contributed by atoms with Crippen LogP contribution in [0.25, 0.3) is 11.0 Å². The number of benzene rings is 1. The van der Waals surface area contributed by atoms with Crippen LogP contribution in [0.15, 0.2) is 42.9 Å². The fraction of sp³-hybridized carbons (Fsp3) is 0.448. The van der Waals surface area contributed by atoms with E-state index in [1.807, 2.05) is 42.3 Å². The lowest BCUT2D eigenvalue weighted by atomic mass is 9.92. The highest BCUT2D eigenvalue weighted by Gasteiger charge is 2.33. The largest absolute Gasteiger partial charge is 0.369 e. The molecule has 2 fully saturated rings. The third-order valence-corrected chi connectivity index (χ3v) is 8.05. The van der Waals surface area contributed by atoms with E-state index in [0.717, 1.165) is 38.3 Å². The van der Waals surface area contributed by atoms with Gasteiger partial charge in [-0.25, -0.2) is 14.8 Å². The Bertz CT molecular complexity index is 1480. The van der Waals surface area contributed by atoms with E-state index in [1.165, 1.54) is 10.9 Å². The number of hydrogen-bond donors (Lipinski definition) is 3. The van der Waals surface area contributed by atoms with Crippen LogP contribution < -0.4 is 25.8 Å². The molecule has 13 heteroatoms. The minimum absolute atomic E-state index is 0.0220. The summed E-state index contributed by atoms with van der Waals surface area (Å²) in [6.07, 6.45) is 3.68. The maximum absolute atomic E-state index is 13.0. The van der Waals surface area contributed by atoms with Gasteiger partial charge >= 0.3 is 6.03 Å².